The van der Waals surface area contributed by atoms with Gasteiger partial charge in [0.15, 0.2) is 0 Å². The minimum Gasteiger partial charge on any atom is -0.342 e. The number of aliphatic imine (C=N–C) groups is 1. The number of nitrogens with one attached hydrogen (secondary N) is 3. The predicted octanol–water partition coefficient (Wildman–Crippen LogP) is 3.90. The number of carbonyl (C=O) groups excluding carboxylic acids is 3. The molecule has 0 aromatic rings. The van der Waals surface area contributed by atoms with E-state index >= 15 is 0 Å². The molecule has 1 aliphatic heterocycles. The van der Waals surface area contributed by atoms with E-state index < -0.39 is 70.9 Å². The van der Waals surface area contributed by atoms with Crippen LogP contribution in [-0.4, -0.2) is 53.9 Å². The second-order valence-electron chi connectivity index (χ2n) is 11.3. The molecule has 0 radical (unpaired) electrons. The number of alkyl halides is 4. The average Bonchev–Trinajstić information content (AvgIpc) is 3.56. The molecule has 3 amide bonds. The van der Waals surface area contributed by atoms with Crippen molar-refractivity contribution in [1.29, 1.82) is 5.26 Å². The fraction of sp³-hybridized carbons (Fsp3) is 0.577. The second kappa shape index (κ2) is 10.9. The molecule has 39 heavy (non-hydrogen) atoms. The van der Waals surface area contributed by atoms with Crippen molar-refractivity contribution in [3.63, 3.8) is 0 Å². The van der Waals surface area contributed by atoms with Gasteiger partial charge in [0.2, 0.25) is 11.8 Å². The lowest BCUT2D eigenvalue weighted by Crippen LogP contribution is -2.60. The standard InChI is InChI=1S/C26H30BrF4N5O3/c1-23(2,3)19(36-22(39)26(29,30)31)21(38)34-16(10-25(28)8-9-25)20(37)35-17(11-32)15-13-33-12-14-6-5-7-18(27)24(14,15)4/h5-7,12-13,15-17,19H,8-10H2,1-4H3,(H,34,38)(H,35,37)(H,36,39)/t15?,16-,17?,19+,24?/m0/s1. The predicted molar refractivity (Wildman–Crippen MR) is 139 cm³/mol. The van der Waals surface area contributed by atoms with Crippen LogP contribution >= 0.6 is 15.9 Å². The van der Waals surface area contributed by atoms with Crippen molar-refractivity contribution in [2.45, 2.75) is 76.9 Å². The summed E-state index contributed by atoms with van der Waals surface area (Å²) in [5.41, 5.74) is -2.88. The number of hydrogen-bond acceptors (Lipinski definition) is 5. The molecule has 3 rings (SSSR count). The highest BCUT2D eigenvalue weighted by molar-refractivity contribution is 9.11. The Bertz CT molecular complexity index is 1190. The summed E-state index contributed by atoms with van der Waals surface area (Å²) in [6.07, 6.45) is 3.23. The van der Waals surface area contributed by atoms with Crippen LogP contribution in [0.3, 0.4) is 0 Å². The van der Waals surface area contributed by atoms with Gasteiger partial charge in [-0.3, -0.25) is 19.4 Å². The van der Waals surface area contributed by atoms with E-state index in [9.17, 15) is 37.2 Å². The molecule has 3 aliphatic rings. The van der Waals surface area contributed by atoms with Gasteiger partial charge in [0.25, 0.3) is 0 Å². The molecule has 1 saturated carbocycles. The molecule has 0 bridgehead atoms. The van der Waals surface area contributed by atoms with Crippen molar-refractivity contribution in [3.05, 3.63) is 34.5 Å². The van der Waals surface area contributed by atoms with Crippen LogP contribution in [0.25, 0.3) is 0 Å². The quantitative estimate of drug-likeness (QED) is 0.358. The second-order valence-corrected chi connectivity index (χ2v) is 12.1. The van der Waals surface area contributed by atoms with E-state index in [4.69, 9.17) is 0 Å². The van der Waals surface area contributed by atoms with Crippen molar-refractivity contribution < 1.29 is 31.9 Å². The lowest BCUT2D eigenvalue weighted by atomic mass is 9.66. The highest BCUT2D eigenvalue weighted by Gasteiger charge is 2.50. The number of hydrogen-bond donors (Lipinski definition) is 3. The number of carbonyl (C=O) groups is 3. The number of nitriles is 1. The molecular formula is C26H30BrF4N5O3. The summed E-state index contributed by atoms with van der Waals surface area (Å²) in [4.78, 5) is 42.3. The lowest BCUT2D eigenvalue weighted by Gasteiger charge is -2.42. The van der Waals surface area contributed by atoms with Crippen LogP contribution in [0.1, 0.15) is 47.0 Å². The molecular weight excluding hydrogens is 586 g/mol. The van der Waals surface area contributed by atoms with Gasteiger partial charge in [0.05, 0.1) is 6.07 Å². The summed E-state index contributed by atoms with van der Waals surface area (Å²) in [5, 5.41) is 16.6. The summed E-state index contributed by atoms with van der Waals surface area (Å²) < 4.78 is 54.3. The van der Waals surface area contributed by atoms with Crippen LogP contribution in [0.15, 0.2) is 39.5 Å². The first-order valence-corrected chi connectivity index (χ1v) is 13.1. The van der Waals surface area contributed by atoms with Gasteiger partial charge in [-0.05, 0) is 23.8 Å². The number of allylic oxidation sites excluding steroid dienone is 5. The van der Waals surface area contributed by atoms with Gasteiger partial charge in [-0.1, -0.05) is 61.9 Å². The third-order valence-corrected chi connectivity index (χ3v) is 8.28. The van der Waals surface area contributed by atoms with E-state index in [0.717, 1.165) is 10.1 Å². The zero-order valence-corrected chi connectivity index (χ0v) is 23.4. The summed E-state index contributed by atoms with van der Waals surface area (Å²) in [6.45, 7) is 6.17. The van der Waals surface area contributed by atoms with Crippen LogP contribution in [0, 0.1) is 28.1 Å². The van der Waals surface area contributed by atoms with E-state index in [0.29, 0.717) is 0 Å². The van der Waals surface area contributed by atoms with E-state index in [1.54, 1.807) is 17.6 Å². The highest BCUT2D eigenvalue weighted by atomic mass is 79.9. The van der Waals surface area contributed by atoms with E-state index in [1.165, 1.54) is 27.0 Å². The molecule has 1 fully saturated rings. The van der Waals surface area contributed by atoms with Crippen molar-refractivity contribution in [3.8, 4) is 6.07 Å². The molecule has 0 aromatic carbocycles. The first-order chi connectivity index (χ1) is 17.9. The Hall–Kier alpha value is -3.01. The molecule has 8 nitrogen and oxygen atoms in total. The minimum atomic E-state index is -5.24. The van der Waals surface area contributed by atoms with Crippen molar-refractivity contribution in [2.24, 2.45) is 21.7 Å². The third-order valence-electron chi connectivity index (χ3n) is 7.19. The molecule has 13 heteroatoms. The first-order valence-electron chi connectivity index (χ1n) is 12.3. The van der Waals surface area contributed by atoms with E-state index in [1.807, 2.05) is 25.1 Å². The molecule has 1 heterocycles. The van der Waals surface area contributed by atoms with Gasteiger partial charge >= 0.3 is 12.1 Å². The zero-order chi connectivity index (χ0) is 29.4. The van der Waals surface area contributed by atoms with E-state index in [2.05, 4.69) is 31.6 Å². The fourth-order valence-electron chi connectivity index (χ4n) is 4.55. The number of rotatable bonds is 8. The fourth-order valence-corrected chi connectivity index (χ4v) is 5.19. The van der Waals surface area contributed by atoms with Gasteiger partial charge in [-0.15, -0.1) is 0 Å². The van der Waals surface area contributed by atoms with Crippen LogP contribution in [-0.2, 0) is 14.4 Å². The average molecular weight is 616 g/mol. The number of nitrogens with zero attached hydrogens (tertiary/aromatic N) is 2. The Labute approximate surface area is 232 Å². The summed E-state index contributed by atoms with van der Waals surface area (Å²) in [7, 11) is 0. The number of amides is 3. The topological polar surface area (TPSA) is 123 Å². The maximum Gasteiger partial charge on any atom is 0.471 e. The molecule has 5 atom stereocenters. The normalized spacial score (nSPS) is 25.6. The minimum absolute atomic E-state index is 0.146. The number of fused-ring (bicyclic) bond motifs is 1. The molecule has 0 spiro atoms. The summed E-state index contributed by atoms with van der Waals surface area (Å²) >= 11 is 3.53. The number of halogens is 5. The maximum atomic E-state index is 14.8. The van der Waals surface area contributed by atoms with Gasteiger partial charge in [-0.25, -0.2) is 4.39 Å². The molecule has 0 saturated heterocycles. The first kappa shape index (κ1) is 30.5. The smallest absolute Gasteiger partial charge is 0.342 e. The Morgan fingerprint density at radius 1 is 1.18 bits per heavy atom. The van der Waals surface area contributed by atoms with Crippen LogP contribution in [0.2, 0.25) is 0 Å². The van der Waals surface area contributed by atoms with Gasteiger partial charge < -0.3 is 16.0 Å². The summed E-state index contributed by atoms with van der Waals surface area (Å²) in [5.74, 6) is -4.93. The highest BCUT2D eigenvalue weighted by Crippen LogP contribution is 2.50. The maximum absolute atomic E-state index is 14.8. The lowest BCUT2D eigenvalue weighted by molar-refractivity contribution is -0.175. The molecule has 2 aliphatic carbocycles. The van der Waals surface area contributed by atoms with Gasteiger partial charge in [0, 0.05) is 34.7 Å². The molecule has 3 N–H and O–H groups in total. The Morgan fingerprint density at radius 2 is 1.82 bits per heavy atom. The zero-order valence-electron chi connectivity index (χ0n) is 21.8. The Balaban J connectivity index is 1.83. The molecule has 3 unspecified atom stereocenters. The summed E-state index contributed by atoms with van der Waals surface area (Å²) in [6, 6.07) is -2.30. The van der Waals surface area contributed by atoms with Gasteiger partial charge in [-0.2, -0.15) is 18.4 Å². The van der Waals surface area contributed by atoms with Crippen molar-refractivity contribution in [2.75, 3.05) is 0 Å². The largest absolute Gasteiger partial charge is 0.471 e. The van der Waals surface area contributed by atoms with Crippen LogP contribution < -0.4 is 16.0 Å². The van der Waals surface area contributed by atoms with Crippen LogP contribution in [0.5, 0.6) is 0 Å². The Morgan fingerprint density at radius 3 is 2.36 bits per heavy atom. The third kappa shape index (κ3) is 6.77. The van der Waals surface area contributed by atoms with Crippen molar-refractivity contribution >= 4 is 39.9 Å². The van der Waals surface area contributed by atoms with E-state index in [-0.39, 0.29) is 12.8 Å². The molecule has 212 valence electrons. The van der Waals surface area contributed by atoms with Gasteiger partial charge in [0.1, 0.15) is 23.8 Å². The van der Waals surface area contributed by atoms with Crippen LogP contribution in [0.4, 0.5) is 17.6 Å². The SMILES string of the molecule is CC12C(Br)=CC=CC1=CN=CC2C(C#N)NC(=O)[C@H](CC1(F)CC1)NC(=O)[C@@H](NC(=O)C(F)(F)F)C(C)(C)C. The Kier molecular flexibility index (Phi) is 8.51. The van der Waals surface area contributed by atoms with Crippen molar-refractivity contribution in [1.82, 2.24) is 16.0 Å². The monoisotopic (exact) mass is 615 g/mol. The molecule has 0 aromatic heterocycles.